The molecule has 0 amide bonds. The lowest BCUT2D eigenvalue weighted by Crippen LogP contribution is -1.85. The van der Waals surface area contributed by atoms with Crippen molar-refractivity contribution in [3.05, 3.63) is 48.3 Å². The molecular formula is C12H9NO2. The summed E-state index contributed by atoms with van der Waals surface area (Å²) < 4.78 is 0. The Balaban J connectivity index is 2.44. The van der Waals surface area contributed by atoms with Gasteiger partial charge in [0.05, 0.1) is 0 Å². The number of pyridine rings is 1. The lowest BCUT2D eigenvalue weighted by Gasteiger charge is -2.01. The van der Waals surface area contributed by atoms with Crippen LogP contribution in [0.1, 0.15) is 10.4 Å². The van der Waals surface area contributed by atoms with E-state index < -0.39 is 0 Å². The topological polar surface area (TPSA) is 50.2 Å². The first-order valence-corrected chi connectivity index (χ1v) is 4.49. The Morgan fingerprint density at radius 2 is 1.80 bits per heavy atom. The lowest BCUT2D eigenvalue weighted by molar-refractivity contribution is 0.112. The number of nitrogens with zero attached hydrogens (tertiary/aromatic N) is 1. The standard InChI is InChI=1S/C12H9NO2/c14-8-9-5-11(7-13-6-9)10-1-3-12(15)4-2-10/h1-8,15H. The van der Waals surface area contributed by atoms with Crippen LogP contribution in [-0.2, 0) is 0 Å². The molecule has 0 unspecified atom stereocenters. The van der Waals surface area contributed by atoms with Gasteiger partial charge in [-0.1, -0.05) is 12.1 Å². The molecule has 1 N–H and O–H groups in total. The fourth-order valence-corrected chi connectivity index (χ4v) is 1.33. The predicted octanol–water partition coefficient (Wildman–Crippen LogP) is 2.27. The second-order valence-corrected chi connectivity index (χ2v) is 3.17. The summed E-state index contributed by atoms with van der Waals surface area (Å²) in [5.41, 5.74) is 2.32. The highest BCUT2D eigenvalue weighted by Crippen LogP contribution is 2.21. The van der Waals surface area contributed by atoms with E-state index >= 15 is 0 Å². The van der Waals surface area contributed by atoms with Crippen molar-refractivity contribution in [3.8, 4) is 16.9 Å². The molecule has 0 aliphatic rings. The third-order valence-electron chi connectivity index (χ3n) is 2.10. The Bertz CT molecular complexity index is 477. The SMILES string of the molecule is O=Cc1cncc(-c2ccc(O)cc2)c1. The minimum absolute atomic E-state index is 0.221. The minimum atomic E-state index is 0.221. The van der Waals surface area contributed by atoms with Crippen LogP contribution < -0.4 is 0 Å². The number of phenols is 1. The van der Waals surface area contributed by atoms with Crippen LogP contribution in [0.3, 0.4) is 0 Å². The Hall–Kier alpha value is -2.16. The number of carbonyl (C=O) groups is 1. The molecule has 0 aliphatic heterocycles. The molecule has 0 aliphatic carbocycles. The van der Waals surface area contributed by atoms with E-state index in [0.717, 1.165) is 17.4 Å². The molecule has 0 saturated heterocycles. The highest BCUT2D eigenvalue weighted by molar-refractivity contribution is 5.77. The summed E-state index contributed by atoms with van der Waals surface area (Å²) in [7, 11) is 0. The minimum Gasteiger partial charge on any atom is -0.508 e. The van der Waals surface area contributed by atoms with E-state index in [9.17, 15) is 4.79 Å². The average Bonchev–Trinajstić information content (AvgIpc) is 2.30. The largest absolute Gasteiger partial charge is 0.508 e. The summed E-state index contributed by atoms with van der Waals surface area (Å²) in [6.45, 7) is 0. The molecule has 0 atom stereocenters. The Labute approximate surface area is 87.0 Å². The number of hydrogen-bond acceptors (Lipinski definition) is 3. The molecule has 15 heavy (non-hydrogen) atoms. The van der Waals surface area contributed by atoms with Crippen molar-refractivity contribution in [2.45, 2.75) is 0 Å². The molecule has 0 bridgehead atoms. The van der Waals surface area contributed by atoms with Crippen molar-refractivity contribution in [1.29, 1.82) is 0 Å². The van der Waals surface area contributed by atoms with Gasteiger partial charge in [0.25, 0.3) is 0 Å². The van der Waals surface area contributed by atoms with Crippen LogP contribution in [0, 0.1) is 0 Å². The van der Waals surface area contributed by atoms with E-state index in [1.165, 1.54) is 6.20 Å². The van der Waals surface area contributed by atoms with Crippen molar-refractivity contribution in [1.82, 2.24) is 4.98 Å². The van der Waals surface area contributed by atoms with Crippen molar-refractivity contribution in [3.63, 3.8) is 0 Å². The Morgan fingerprint density at radius 1 is 1.07 bits per heavy atom. The highest BCUT2D eigenvalue weighted by atomic mass is 16.3. The Morgan fingerprint density at radius 3 is 2.47 bits per heavy atom. The maximum Gasteiger partial charge on any atom is 0.151 e. The van der Waals surface area contributed by atoms with Gasteiger partial charge < -0.3 is 5.11 Å². The van der Waals surface area contributed by atoms with Gasteiger partial charge in [-0.15, -0.1) is 0 Å². The van der Waals surface area contributed by atoms with E-state index in [0.29, 0.717) is 5.56 Å². The maximum absolute atomic E-state index is 10.6. The van der Waals surface area contributed by atoms with Crippen LogP contribution in [0.15, 0.2) is 42.7 Å². The van der Waals surface area contributed by atoms with E-state index in [1.807, 2.05) is 0 Å². The molecule has 0 saturated carbocycles. The second kappa shape index (κ2) is 3.92. The van der Waals surface area contributed by atoms with Gasteiger partial charge in [-0.2, -0.15) is 0 Å². The van der Waals surface area contributed by atoms with Gasteiger partial charge in [0, 0.05) is 23.5 Å². The summed E-state index contributed by atoms with van der Waals surface area (Å²) in [6.07, 6.45) is 3.95. The molecule has 0 fully saturated rings. The number of aldehydes is 1. The first-order chi connectivity index (χ1) is 7.29. The Kier molecular flexibility index (Phi) is 2.46. The number of phenolic OH excluding ortho intramolecular Hbond substituents is 1. The van der Waals surface area contributed by atoms with Crippen molar-refractivity contribution < 1.29 is 9.90 Å². The van der Waals surface area contributed by atoms with Gasteiger partial charge in [0.15, 0.2) is 6.29 Å². The lowest BCUT2D eigenvalue weighted by atomic mass is 10.1. The van der Waals surface area contributed by atoms with Crippen molar-refractivity contribution >= 4 is 6.29 Å². The highest BCUT2D eigenvalue weighted by Gasteiger charge is 1.99. The molecule has 1 aromatic heterocycles. The van der Waals surface area contributed by atoms with Crippen LogP contribution in [0.5, 0.6) is 5.75 Å². The quantitative estimate of drug-likeness (QED) is 0.755. The smallest absolute Gasteiger partial charge is 0.151 e. The third kappa shape index (κ3) is 2.02. The molecule has 1 aromatic carbocycles. The summed E-state index contributed by atoms with van der Waals surface area (Å²) in [5.74, 6) is 0.221. The fraction of sp³-hybridized carbons (Fsp3) is 0. The molecule has 3 heteroatoms. The first kappa shape index (κ1) is 9.40. The molecule has 3 nitrogen and oxygen atoms in total. The molecule has 2 aromatic rings. The van der Waals surface area contributed by atoms with E-state index in [2.05, 4.69) is 4.98 Å². The fourth-order valence-electron chi connectivity index (χ4n) is 1.33. The number of hydrogen-bond donors (Lipinski definition) is 1. The zero-order chi connectivity index (χ0) is 10.7. The maximum atomic E-state index is 10.6. The van der Waals surface area contributed by atoms with Gasteiger partial charge in [0.1, 0.15) is 5.75 Å². The summed E-state index contributed by atoms with van der Waals surface area (Å²) >= 11 is 0. The number of benzene rings is 1. The summed E-state index contributed by atoms with van der Waals surface area (Å²) in [5, 5.41) is 9.13. The van der Waals surface area contributed by atoms with Crippen LogP contribution >= 0.6 is 0 Å². The van der Waals surface area contributed by atoms with E-state index in [4.69, 9.17) is 5.11 Å². The molecule has 0 spiro atoms. The van der Waals surface area contributed by atoms with Crippen LogP contribution in [0.25, 0.3) is 11.1 Å². The summed E-state index contributed by atoms with van der Waals surface area (Å²) in [6, 6.07) is 8.51. The number of aromatic hydroxyl groups is 1. The third-order valence-corrected chi connectivity index (χ3v) is 2.10. The molecule has 2 rings (SSSR count). The van der Waals surface area contributed by atoms with Gasteiger partial charge in [-0.25, -0.2) is 0 Å². The van der Waals surface area contributed by atoms with Gasteiger partial charge in [-0.3, -0.25) is 9.78 Å². The average molecular weight is 199 g/mol. The van der Waals surface area contributed by atoms with Crippen molar-refractivity contribution in [2.24, 2.45) is 0 Å². The van der Waals surface area contributed by atoms with E-state index in [1.54, 1.807) is 36.5 Å². The summed E-state index contributed by atoms with van der Waals surface area (Å²) in [4.78, 5) is 14.5. The van der Waals surface area contributed by atoms with Crippen LogP contribution in [0.4, 0.5) is 0 Å². The molecule has 0 radical (unpaired) electrons. The predicted molar refractivity (Wildman–Crippen MR) is 56.7 cm³/mol. The van der Waals surface area contributed by atoms with Gasteiger partial charge >= 0.3 is 0 Å². The second-order valence-electron chi connectivity index (χ2n) is 3.17. The normalized spacial score (nSPS) is 9.87. The van der Waals surface area contributed by atoms with Crippen LogP contribution in [0.2, 0.25) is 0 Å². The number of aromatic nitrogens is 1. The van der Waals surface area contributed by atoms with Crippen LogP contribution in [-0.4, -0.2) is 16.4 Å². The van der Waals surface area contributed by atoms with Crippen molar-refractivity contribution in [2.75, 3.05) is 0 Å². The van der Waals surface area contributed by atoms with Gasteiger partial charge in [0.2, 0.25) is 0 Å². The zero-order valence-corrected chi connectivity index (χ0v) is 7.92. The first-order valence-electron chi connectivity index (χ1n) is 4.49. The molecule has 1 heterocycles. The molecule has 74 valence electrons. The zero-order valence-electron chi connectivity index (χ0n) is 7.92. The number of carbonyl (C=O) groups excluding carboxylic acids is 1. The molecular weight excluding hydrogens is 190 g/mol. The van der Waals surface area contributed by atoms with E-state index in [-0.39, 0.29) is 5.75 Å². The monoisotopic (exact) mass is 199 g/mol. The van der Waals surface area contributed by atoms with Gasteiger partial charge in [-0.05, 0) is 23.8 Å². The number of rotatable bonds is 2.